The van der Waals surface area contributed by atoms with Gasteiger partial charge < -0.3 is 10.0 Å². The number of hydrogen-bond donors (Lipinski definition) is 1. The smallest absolute Gasteiger partial charge is 0.326 e. The van der Waals surface area contributed by atoms with Crippen LogP contribution in [-0.4, -0.2) is 44.3 Å². The van der Waals surface area contributed by atoms with E-state index < -0.39 is 12.0 Å². The Labute approximate surface area is 98.8 Å². The molecule has 1 fully saturated rings. The van der Waals surface area contributed by atoms with E-state index in [1.807, 2.05) is 0 Å². The fraction of sp³-hybridized carbons (Fsp3) is 0.545. The Hall–Kier alpha value is -1.85. The molecule has 1 saturated heterocycles. The standard InChI is InChI=1S/C11H15N3O3/c1-7-8(6-13(2)12-7)10(15)14-5-3-4-9(14)11(16)17/h6,9H,3-5H2,1-2H3,(H,16,17). The first-order chi connectivity index (χ1) is 8.00. The summed E-state index contributed by atoms with van der Waals surface area (Å²) < 4.78 is 1.56. The van der Waals surface area contributed by atoms with Crippen molar-refractivity contribution in [3.8, 4) is 0 Å². The Balaban J connectivity index is 2.25. The highest BCUT2D eigenvalue weighted by atomic mass is 16.4. The lowest BCUT2D eigenvalue weighted by Gasteiger charge is -2.20. The van der Waals surface area contributed by atoms with E-state index in [4.69, 9.17) is 5.11 Å². The Morgan fingerprint density at radius 2 is 2.24 bits per heavy atom. The van der Waals surface area contributed by atoms with Gasteiger partial charge in [0.2, 0.25) is 0 Å². The molecule has 1 aromatic heterocycles. The third-order valence-electron chi connectivity index (χ3n) is 3.04. The molecule has 92 valence electrons. The largest absolute Gasteiger partial charge is 0.480 e. The maximum absolute atomic E-state index is 12.2. The molecule has 2 heterocycles. The maximum atomic E-state index is 12.2. The predicted molar refractivity (Wildman–Crippen MR) is 59.6 cm³/mol. The normalized spacial score (nSPS) is 19.6. The summed E-state index contributed by atoms with van der Waals surface area (Å²) in [6, 6.07) is -0.692. The monoisotopic (exact) mass is 237 g/mol. The van der Waals surface area contributed by atoms with E-state index in [0.717, 1.165) is 6.42 Å². The summed E-state index contributed by atoms with van der Waals surface area (Å²) in [6.07, 6.45) is 2.90. The minimum Gasteiger partial charge on any atom is -0.480 e. The van der Waals surface area contributed by atoms with Crippen molar-refractivity contribution >= 4 is 11.9 Å². The fourth-order valence-corrected chi connectivity index (χ4v) is 2.23. The number of carboxylic acid groups (broad SMARTS) is 1. The van der Waals surface area contributed by atoms with Gasteiger partial charge in [-0.3, -0.25) is 9.48 Å². The third kappa shape index (κ3) is 2.02. The number of carbonyl (C=O) groups excluding carboxylic acids is 1. The SMILES string of the molecule is Cc1nn(C)cc1C(=O)N1CCCC1C(=O)O. The van der Waals surface area contributed by atoms with E-state index in [1.165, 1.54) is 4.90 Å². The number of nitrogens with zero attached hydrogens (tertiary/aromatic N) is 3. The van der Waals surface area contributed by atoms with Crippen molar-refractivity contribution in [2.24, 2.45) is 7.05 Å². The molecule has 1 aliphatic rings. The lowest BCUT2D eigenvalue weighted by Crippen LogP contribution is -2.40. The molecule has 17 heavy (non-hydrogen) atoms. The first kappa shape index (κ1) is 11.6. The maximum Gasteiger partial charge on any atom is 0.326 e. The zero-order chi connectivity index (χ0) is 12.6. The van der Waals surface area contributed by atoms with Crippen molar-refractivity contribution in [1.82, 2.24) is 14.7 Å². The van der Waals surface area contributed by atoms with Gasteiger partial charge in [0.1, 0.15) is 6.04 Å². The molecule has 1 aromatic rings. The van der Waals surface area contributed by atoms with Gasteiger partial charge in [0.15, 0.2) is 0 Å². The number of carboxylic acids is 1. The predicted octanol–water partition coefficient (Wildman–Crippen LogP) is 0.418. The lowest BCUT2D eigenvalue weighted by molar-refractivity contribution is -0.141. The van der Waals surface area contributed by atoms with Gasteiger partial charge in [-0.1, -0.05) is 0 Å². The van der Waals surface area contributed by atoms with Gasteiger partial charge in [-0.15, -0.1) is 0 Å². The molecule has 0 bridgehead atoms. The number of likely N-dealkylation sites (tertiary alicyclic amines) is 1. The average Bonchev–Trinajstić information content (AvgIpc) is 2.83. The van der Waals surface area contributed by atoms with E-state index in [2.05, 4.69) is 5.10 Å². The molecule has 1 unspecified atom stereocenters. The molecule has 6 heteroatoms. The van der Waals surface area contributed by atoms with Crippen LogP contribution in [0.5, 0.6) is 0 Å². The van der Waals surface area contributed by atoms with Gasteiger partial charge in [0.25, 0.3) is 5.91 Å². The van der Waals surface area contributed by atoms with Crippen LogP contribution >= 0.6 is 0 Å². The van der Waals surface area contributed by atoms with Crippen molar-refractivity contribution in [1.29, 1.82) is 0 Å². The van der Waals surface area contributed by atoms with Crippen LogP contribution < -0.4 is 0 Å². The molecular weight excluding hydrogens is 222 g/mol. The number of hydrogen-bond acceptors (Lipinski definition) is 3. The second-order valence-corrected chi connectivity index (χ2v) is 4.30. The first-order valence-electron chi connectivity index (χ1n) is 5.54. The highest BCUT2D eigenvalue weighted by Crippen LogP contribution is 2.21. The average molecular weight is 237 g/mol. The summed E-state index contributed by atoms with van der Waals surface area (Å²) in [7, 11) is 1.74. The summed E-state index contributed by atoms with van der Waals surface area (Å²) in [6.45, 7) is 2.25. The van der Waals surface area contributed by atoms with Crippen molar-refractivity contribution in [2.75, 3.05) is 6.54 Å². The molecule has 1 amide bonds. The van der Waals surface area contributed by atoms with E-state index in [-0.39, 0.29) is 5.91 Å². The number of rotatable bonds is 2. The zero-order valence-corrected chi connectivity index (χ0v) is 9.88. The number of aliphatic carboxylic acids is 1. The van der Waals surface area contributed by atoms with Crippen LogP contribution in [0.2, 0.25) is 0 Å². The van der Waals surface area contributed by atoms with E-state index in [0.29, 0.717) is 24.2 Å². The first-order valence-corrected chi connectivity index (χ1v) is 5.54. The second-order valence-electron chi connectivity index (χ2n) is 4.30. The van der Waals surface area contributed by atoms with E-state index >= 15 is 0 Å². The van der Waals surface area contributed by atoms with Crippen LogP contribution in [0.15, 0.2) is 6.20 Å². The number of aromatic nitrogens is 2. The number of amides is 1. The van der Waals surface area contributed by atoms with Crippen molar-refractivity contribution in [3.05, 3.63) is 17.5 Å². The van der Waals surface area contributed by atoms with Gasteiger partial charge >= 0.3 is 5.97 Å². The van der Waals surface area contributed by atoms with Gasteiger partial charge in [0, 0.05) is 19.8 Å². The van der Waals surface area contributed by atoms with E-state index in [1.54, 1.807) is 24.9 Å². The van der Waals surface area contributed by atoms with Crippen molar-refractivity contribution < 1.29 is 14.7 Å². The zero-order valence-electron chi connectivity index (χ0n) is 9.88. The Kier molecular flexibility index (Phi) is 2.87. The molecule has 1 atom stereocenters. The molecule has 0 radical (unpaired) electrons. The Bertz CT molecular complexity index is 467. The molecular formula is C11H15N3O3. The van der Waals surface area contributed by atoms with Gasteiger partial charge in [0.05, 0.1) is 11.3 Å². The summed E-state index contributed by atoms with van der Waals surface area (Å²) in [5.41, 5.74) is 1.12. The number of aryl methyl sites for hydroxylation is 2. The molecule has 6 nitrogen and oxygen atoms in total. The highest BCUT2D eigenvalue weighted by Gasteiger charge is 2.35. The quantitative estimate of drug-likeness (QED) is 0.808. The Morgan fingerprint density at radius 1 is 1.53 bits per heavy atom. The van der Waals surface area contributed by atoms with Gasteiger partial charge in [-0.2, -0.15) is 5.10 Å². The van der Waals surface area contributed by atoms with Crippen LogP contribution in [0.4, 0.5) is 0 Å². The third-order valence-corrected chi connectivity index (χ3v) is 3.04. The number of carbonyl (C=O) groups is 2. The summed E-state index contributed by atoms with van der Waals surface area (Å²) in [5, 5.41) is 13.1. The van der Waals surface area contributed by atoms with Gasteiger partial charge in [-0.25, -0.2) is 4.79 Å². The van der Waals surface area contributed by atoms with Crippen LogP contribution in [-0.2, 0) is 11.8 Å². The molecule has 1 aliphatic heterocycles. The van der Waals surface area contributed by atoms with E-state index in [9.17, 15) is 9.59 Å². The molecule has 0 aromatic carbocycles. The summed E-state index contributed by atoms with van der Waals surface area (Å²) in [5.74, 6) is -1.17. The van der Waals surface area contributed by atoms with Crippen molar-refractivity contribution in [2.45, 2.75) is 25.8 Å². The molecule has 0 saturated carbocycles. The van der Waals surface area contributed by atoms with Gasteiger partial charge in [-0.05, 0) is 19.8 Å². The second kappa shape index (κ2) is 4.20. The van der Waals surface area contributed by atoms with Crippen LogP contribution in [0.3, 0.4) is 0 Å². The Morgan fingerprint density at radius 3 is 2.76 bits per heavy atom. The molecule has 1 N–H and O–H groups in total. The molecule has 2 rings (SSSR count). The molecule has 0 aliphatic carbocycles. The van der Waals surface area contributed by atoms with Crippen LogP contribution in [0, 0.1) is 6.92 Å². The highest BCUT2D eigenvalue weighted by molar-refractivity contribution is 5.97. The van der Waals surface area contributed by atoms with Crippen LogP contribution in [0.1, 0.15) is 28.9 Å². The summed E-state index contributed by atoms with van der Waals surface area (Å²) >= 11 is 0. The lowest BCUT2D eigenvalue weighted by atomic mass is 10.2. The topological polar surface area (TPSA) is 75.4 Å². The summed E-state index contributed by atoms with van der Waals surface area (Å²) in [4.78, 5) is 24.7. The van der Waals surface area contributed by atoms with Crippen molar-refractivity contribution in [3.63, 3.8) is 0 Å². The molecule has 0 spiro atoms. The minimum absolute atomic E-state index is 0.236. The van der Waals surface area contributed by atoms with Crippen LogP contribution in [0.25, 0.3) is 0 Å². The fourth-order valence-electron chi connectivity index (χ4n) is 2.23. The minimum atomic E-state index is -0.933.